The van der Waals surface area contributed by atoms with Gasteiger partial charge in [0.15, 0.2) is 5.06 Å². The lowest BCUT2D eigenvalue weighted by molar-refractivity contribution is -0.124. The number of nitrogens with one attached hydrogen (secondary N) is 2. The standard InChI is InChI=1S/C38H45ClN4O4S/c1-26(2)20-33(41-38(45)47-36-22-29-10-6-7-11-35(29)48-36)37(44)40-30-14-17-43(25-30)24-28-12-13-34(32(39)21-28)46-31-15-18-42(19-16-31)23-27-8-4-3-5-9-27/h3-13,21-22,26,30-31,33H,14-20,23-25H2,1-2H3,(H,40,44)(H,41,45)/t30-,33-/m0/s1. The molecule has 0 aliphatic carbocycles. The van der Waals surface area contributed by atoms with Crippen LogP contribution in [-0.2, 0) is 17.9 Å². The summed E-state index contributed by atoms with van der Waals surface area (Å²) in [5.41, 5.74) is 2.45. The van der Waals surface area contributed by atoms with E-state index in [1.807, 2.05) is 56.3 Å². The minimum absolute atomic E-state index is 0.00147. The Morgan fingerprint density at radius 1 is 0.896 bits per heavy atom. The quantitative estimate of drug-likeness (QED) is 0.161. The van der Waals surface area contributed by atoms with Crippen molar-refractivity contribution in [3.63, 3.8) is 0 Å². The summed E-state index contributed by atoms with van der Waals surface area (Å²) < 4.78 is 12.9. The highest BCUT2D eigenvalue weighted by molar-refractivity contribution is 7.20. The fraction of sp³-hybridized carbons (Fsp3) is 0.421. The summed E-state index contributed by atoms with van der Waals surface area (Å²) in [5.74, 6) is 0.775. The number of hydrogen-bond donors (Lipinski definition) is 2. The molecule has 48 heavy (non-hydrogen) atoms. The van der Waals surface area contributed by atoms with Crippen LogP contribution in [0, 0.1) is 5.92 Å². The van der Waals surface area contributed by atoms with Crippen LogP contribution in [-0.4, -0.2) is 66.2 Å². The number of fused-ring (bicyclic) bond motifs is 1. The topological polar surface area (TPSA) is 83.1 Å². The second-order valence-corrected chi connectivity index (χ2v) is 14.8. The number of halogens is 1. The minimum atomic E-state index is -0.677. The van der Waals surface area contributed by atoms with Gasteiger partial charge in [-0.3, -0.25) is 14.6 Å². The molecule has 0 saturated carbocycles. The molecular formula is C38H45ClN4O4S. The molecule has 2 aliphatic heterocycles. The zero-order valence-corrected chi connectivity index (χ0v) is 29.3. The minimum Gasteiger partial charge on any atom is -0.489 e. The number of amides is 2. The molecule has 2 N–H and O–H groups in total. The summed E-state index contributed by atoms with van der Waals surface area (Å²) in [4.78, 5) is 30.9. The molecule has 0 radical (unpaired) electrons. The molecule has 2 atom stereocenters. The van der Waals surface area contributed by atoms with Crippen LogP contribution in [0.5, 0.6) is 10.8 Å². The third kappa shape index (κ3) is 9.50. The molecule has 10 heteroatoms. The number of rotatable bonds is 12. The number of piperidine rings is 1. The maximum atomic E-state index is 13.3. The Hall–Kier alpha value is -3.63. The molecule has 2 amide bonds. The Morgan fingerprint density at radius 2 is 1.62 bits per heavy atom. The largest absolute Gasteiger partial charge is 0.489 e. The molecule has 8 nitrogen and oxygen atoms in total. The van der Waals surface area contributed by atoms with Gasteiger partial charge in [0.05, 0.1) is 5.02 Å². The van der Waals surface area contributed by atoms with Gasteiger partial charge in [-0.2, -0.15) is 0 Å². The molecule has 4 aromatic rings. The van der Waals surface area contributed by atoms with Gasteiger partial charge in [-0.1, -0.05) is 91.4 Å². The van der Waals surface area contributed by atoms with Gasteiger partial charge < -0.3 is 20.1 Å². The average Bonchev–Trinajstić information content (AvgIpc) is 3.69. The lowest BCUT2D eigenvalue weighted by Crippen LogP contribution is -2.51. The highest BCUT2D eigenvalue weighted by Gasteiger charge is 2.29. The second kappa shape index (κ2) is 16.2. The number of nitrogens with zero attached hydrogens (tertiary/aromatic N) is 2. The molecular weight excluding hydrogens is 644 g/mol. The first kappa shape index (κ1) is 34.2. The first-order valence-corrected chi connectivity index (χ1v) is 18.2. The van der Waals surface area contributed by atoms with Crippen molar-refractivity contribution < 1.29 is 19.1 Å². The van der Waals surface area contributed by atoms with E-state index >= 15 is 0 Å². The van der Waals surface area contributed by atoms with Gasteiger partial charge in [-0.25, -0.2) is 4.79 Å². The van der Waals surface area contributed by atoms with Crippen LogP contribution in [0.15, 0.2) is 78.9 Å². The van der Waals surface area contributed by atoms with Gasteiger partial charge >= 0.3 is 6.09 Å². The van der Waals surface area contributed by atoms with Crippen molar-refractivity contribution >= 4 is 45.0 Å². The van der Waals surface area contributed by atoms with E-state index in [-0.39, 0.29) is 24.0 Å². The van der Waals surface area contributed by atoms with Gasteiger partial charge in [0.25, 0.3) is 0 Å². The lowest BCUT2D eigenvalue weighted by atomic mass is 10.0. The van der Waals surface area contributed by atoms with E-state index in [1.54, 1.807) is 0 Å². The van der Waals surface area contributed by atoms with Crippen LogP contribution in [0.1, 0.15) is 50.7 Å². The molecule has 6 rings (SSSR count). The fourth-order valence-corrected chi connectivity index (χ4v) is 7.73. The summed E-state index contributed by atoms with van der Waals surface area (Å²) >= 11 is 8.11. The first-order chi connectivity index (χ1) is 23.3. The predicted molar refractivity (Wildman–Crippen MR) is 193 cm³/mol. The maximum absolute atomic E-state index is 13.3. The van der Waals surface area contributed by atoms with Crippen LogP contribution in [0.2, 0.25) is 5.02 Å². The number of likely N-dealkylation sites (tertiary alicyclic amines) is 2. The zero-order chi connectivity index (χ0) is 33.5. The predicted octanol–water partition coefficient (Wildman–Crippen LogP) is 7.49. The summed E-state index contributed by atoms with van der Waals surface area (Å²) in [7, 11) is 0. The van der Waals surface area contributed by atoms with E-state index in [9.17, 15) is 9.59 Å². The summed E-state index contributed by atoms with van der Waals surface area (Å²) in [6, 6.07) is 25.7. The molecule has 0 unspecified atom stereocenters. The van der Waals surface area contributed by atoms with E-state index in [0.29, 0.717) is 16.5 Å². The molecule has 0 spiro atoms. The van der Waals surface area contributed by atoms with Crippen molar-refractivity contribution in [2.75, 3.05) is 26.2 Å². The average molecular weight is 689 g/mol. The number of benzene rings is 3. The first-order valence-electron chi connectivity index (χ1n) is 17.0. The van der Waals surface area contributed by atoms with Gasteiger partial charge in [0.2, 0.25) is 5.91 Å². The van der Waals surface area contributed by atoms with E-state index in [4.69, 9.17) is 21.1 Å². The van der Waals surface area contributed by atoms with Crippen LogP contribution in [0.3, 0.4) is 0 Å². The van der Waals surface area contributed by atoms with Crippen molar-refractivity contribution in [1.82, 2.24) is 20.4 Å². The Kier molecular flexibility index (Phi) is 11.5. The Balaban J connectivity index is 0.950. The number of thiophene rings is 1. The highest BCUT2D eigenvalue weighted by Crippen LogP contribution is 2.32. The second-order valence-electron chi connectivity index (χ2n) is 13.4. The molecule has 3 heterocycles. The molecule has 0 bridgehead atoms. The van der Waals surface area contributed by atoms with Crippen molar-refractivity contribution in [3.8, 4) is 10.8 Å². The Labute approximate surface area is 292 Å². The van der Waals surface area contributed by atoms with Crippen LogP contribution in [0.25, 0.3) is 10.1 Å². The molecule has 3 aromatic carbocycles. The van der Waals surface area contributed by atoms with Crippen molar-refractivity contribution in [3.05, 3.63) is 95.0 Å². The van der Waals surface area contributed by atoms with Crippen LogP contribution < -0.4 is 20.1 Å². The van der Waals surface area contributed by atoms with E-state index in [0.717, 1.165) is 79.9 Å². The van der Waals surface area contributed by atoms with Crippen molar-refractivity contribution in [1.29, 1.82) is 0 Å². The van der Waals surface area contributed by atoms with E-state index < -0.39 is 12.1 Å². The molecule has 2 saturated heterocycles. The zero-order valence-electron chi connectivity index (χ0n) is 27.7. The number of ether oxygens (including phenoxy) is 2. The third-order valence-corrected chi connectivity index (χ3v) is 10.3. The lowest BCUT2D eigenvalue weighted by Gasteiger charge is -2.32. The number of carbonyl (C=O) groups excluding carboxylic acids is 2. The summed E-state index contributed by atoms with van der Waals surface area (Å²) in [6.07, 6.45) is 2.86. The Morgan fingerprint density at radius 3 is 2.38 bits per heavy atom. The third-order valence-electron chi connectivity index (χ3n) is 9.01. The number of hydrogen-bond acceptors (Lipinski definition) is 7. The Bertz CT molecular complexity index is 1640. The van der Waals surface area contributed by atoms with Crippen molar-refractivity contribution in [2.24, 2.45) is 5.92 Å². The van der Waals surface area contributed by atoms with Gasteiger partial charge in [-0.05, 0) is 66.3 Å². The van der Waals surface area contributed by atoms with E-state index in [2.05, 4.69) is 56.8 Å². The van der Waals surface area contributed by atoms with Gasteiger partial charge in [-0.15, -0.1) is 0 Å². The van der Waals surface area contributed by atoms with Crippen LogP contribution in [0.4, 0.5) is 4.79 Å². The molecule has 2 aliphatic rings. The normalized spacial score (nSPS) is 18.2. The van der Waals surface area contributed by atoms with Gasteiger partial charge in [0, 0.05) is 56.1 Å². The SMILES string of the molecule is CC(C)C[C@H](NC(=O)Oc1cc2ccccc2s1)C(=O)N[C@H]1CCN(Cc2ccc(OC3CCN(Cc4ccccc4)CC3)c(Cl)c2)C1. The van der Waals surface area contributed by atoms with Gasteiger partial charge in [0.1, 0.15) is 17.9 Å². The molecule has 1 aromatic heterocycles. The maximum Gasteiger partial charge on any atom is 0.414 e. The number of carbonyl (C=O) groups is 2. The van der Waals surface area contributed by atoms with Crippen molar-refractivity contribution in [2.45, 2.75) is 70.8 Å². The smallest absolute Gasteiger partial charge is 0.414 e. The fourth-order valence-electron chi connectivity index (χ4n) is 6.57. The molecule has 254 valence electrons. The summed E-state index contributed by atoms with van der Waals surface area (Å²) in [5, 5.41) is 8.14. The van der Waals surface area contributed by atoms with E-state index in [1.165, 1.54) is 16.9 Å². The van der Waals surface area contributed by atoms with Crippen LogP contribution >= 0.6 is 22.9 Å². The highest BCUT2D eigenvalue weighted by atomic mass is 35.5. The summed E-state index contributed by atoms with van der Waals surface area (Å²) in [6.45, 7) is 9.38. The molecule has 2 fully saturated rings. The monoisotopic (exact) mass is 688 g/mol.